The molecular formula is C17H21F3N2O. The number of amides is 1. The molecule has 1 aromatic rings. The van der Waals surface area contributed by atoms with E-state index in [-0.39, 0.29) is 17.9 Å². The highest BCUT2D eigenvalue weighted by Crippen LogP contribution is 2.30. The first-order valence-electron chi connectivity index (χ1n) is 8.11. The molecule has 126 valence electrons. The number of likely N-dealkylation sites (tertiary alicyclic amines) is 1. The van der Waals surface area contributed by atoms with E-state index in [0.717, 1.165) is 38.3 Å². The third-order valence-electron chi connectivity index (χ3n) is 4.46. The third kappa shape index (κ3) is 4.47. The van der Waals surface area contributed by atoms with E-state index in [1.165, 1.54) is 12.1 Å². The van der Waals surface area contributed by atoms with Gasteiger partial charge in [0.05, 0.1) is 5.56 Å². The minimum absolute atomic E-state index is 0.114. The van der Waals surface area contributed by atoms with Crippen LogP contribution in [0.25, 0.3) is 0 Å². The van der Waals surface area contributed by atoms with Gasteiger partial charge in [-0.05, 0) is 43.9 Å². The van der Waals surface area contributed by atoms with Crippen LogP contribution in [-0.4, -0.2) is 29.9 Å². The summed E-state index contributed by atoms with van der Waals surface area (Å²) in [6, 6.07) is 5.60. The van der Waals surface area contributed by atoms with Crippen molar-refractivity contribution >= 4 is 5.91 Å². The zero-order valence-corrected chi connectivity index (χ0v) is 12.9. The Kier molecular flexibility index (Phi) is 4.62. The highest BCUT2D eigenvalue weighted by molar-refractivity contribution is 5.81. The molecule has 1 aromatic carbocycles. The fourth-order valence-corrected chi connectivity index (χ4v) is 3.09. The second-order valence-corrected chi connectivity index (χ2v) is 6.56. The molecule has 2 aliphatic rings. The van der Waals surface area contributed by atoms with E-state index in [1.54, 1.807) is 6.07 Å². The number of hydrogen-bond donors (Lipinski definition) is 1. The maximum atomic E-state index is 12.8. The van der Waals surface area contributed by atoms with Crippen LogP contribution in [0.1, 0.15) is 36.8 Å². The Bertz CT molecular complexity index is 569. The summed E-state index contributed by atoms with van der Waals surface area (Å²) in [6.45, 7) is 2.04. The van der Waals surface area contributed by atoms with Gasteiger partial charge in [-0.25, -0.2) is 0 Å². The molecule has 1 aliphatic heterocycles. The van der Waals surface area contributed by atoms with Crippen molar-refractivity contribution in [2.45, 2.75) is 44.4 Å². The van der Waals surface area contributed by atoms with Gasteiger partial charge in [-0.2, -0.15) is 13.2 Å². The van der Waals surface area contributed by atoms with Crippen LogP contribution in [0.5, 0.6) is 0 Å². The van der Waals surface area contributed by atoms with Crippen molar-refractivity contribution in [1.82, 2.24) is 10.2 Å². The van der Waals surface area contributed by atoms with Crippen molar-refractivity contribution < 1.29 is 18.0 Å². The molecule has 0 radical (unpaired) electrons. The van der Waals surface area contributed by atoms with E-state index in [9.17, 15) is 18.0 Å². The van der Waals surface area contributed by atoms with Crippen molar-refractivity contribution in [3.05, 3.63) is 35.4 Å². The van der Waals surface area contributed by atoms with Crippen LogP contribution in [0.4, 0.5) is 13.2 Å². The Balaban J connectivity index is 1.58. The van der Waals surface area contributed by atoms with E-state index in [2.05, 4.69) is 10.2 Å². The fraction of sp³-hybridized carbons (Fsp3) is 0.588. The van der Waals surface area contributed by atoms with Gasteiger partial charge in [0.25, 0.3) is 0 Å². The average Bonchev–Trinajstić information content (AvgIpc) is 3.31. The third-order valence-corrected chi connectivity index (χ3v) is 4.46. The molecule has 0 bridgehead atoms. The number of hydrogen-bond acceptors (Lipinski definition) is 2. The second-order valence-electron chi connectivity index (χ2n) is 6.56. The number of nitrogens with zero attached hydrogens (tertiary/aromatic N) is 1. The number of piperidine rings is 1. The highest BCUT2D eigenvalue weighted by Gasteiger charge is 2.32. The van der Waals surface area contributed by atoms with Crippen molar-refractivity contribution in [3.63, 3.8) is 0 Å². The van der Waals surface area contributed by atoms with Crippen LogP contribution in [-0.2, 0) is 17.5 Å². The van der Waals surface area contributed by atoms with Gasteiger partial charge in [0.2, 0.25) is 5.91 Å². The number of rotatable bonds is 4. The summed E-state index contributed by atoms with van der Waals surface area (Å²) < 4.78 is 38.3. The van der Waals surface area contributed by atoms with Gasteiger partial charge in [0.15, 0.2) is 0 Å². The van der Waals surface area contributed by atoms with Crippen LogP contribution in [0.2, 0.25) is 0 Å². The lowest BCUT2D eigenvalue weighted by atomic mass is 10.0. The van der Waals surface area contributed by atoms with Crippen LogP contribution >= 0.6 is 0 Å². The Morgan fingerprint density at radius 1 is 1.26 bits per heavy atom. The number of halogens is 3. The lowest BCUT2D eigenvalue weighted by Gasteiger charge is -2.33. The molecule has 1 unspecified atom stereocenters. The predicted molar refractivity (Wildman–Crippen MR) is 80.6 cm³/mol. The maximum Gasteiger partial charge on any atom is 0.416 e. The number of alkyl halides is 3. The van der Waals surface area contributed by atoms with Crippen LogP contribution < -0.4 is 5.32 Å². The van der Waals surface area contributed by atoms with Gasteiger partial charge >= 0.3 is 6.18 Å². The summed E-state index contributed by atoms with van der Waals surface area (Å²) in [5.74, 6) is 0.324. The number of carbonyl (C=O) groups is 1. The predicted octanol–water partition coefficient (Wildman–Crippen LogP) is 3.20. The summed E-state index contributed by atoms with van der Waals surface area (Å²) in [4.78, 5) is 14.0. The molecule has 1 saturated carbocycles. The van der Waals surface area contributed by atoms with Gasteiger partial charge in [0, 0.05) is 25.0 Å². The van der Waals surface area contributed by atoms with Crippen LogP contribution in [0, 0.1) is 5.92 Å². The van der Waals surface area contributed by atoms with Crippen molar-refractivity contribution in [1.29, 1.82) is 0 Å². The lowest BCUT2D eigenvalue weighted by molar-refractivity contribution is -0.137. The van der Waals surface area contributed by atoms with Gasteiger partial charge in [0.1, 0.15) is 0 Å². The molecule has 23 heavy (non-hydrogen) atoms. The second kappa shape index (κ2) is 6.51. The first-order valence-corrected chi connectivity index (χ1v) is 8.11. The SMILES string of the molecule is O=C(NC1CCCN(Cc2cccc(C(F)(F)F)c2)C1)C1CC1. The summed E-state index contributed by atoms with van der Waals surface area (Å²) in [7, 11) is 0. The molecule has 1 heterocycles. The van der Waals surface area contributed by atoms with Gasteiger partial charge in [-0.15, -0.1) is 0 Å². The Morgan fingerprint density at radius 3 is 2.74 bits per heavy atom. The molecule has 1 aliphatic carbocycles. The monoisotopic (exact) mass is 326 g/mol. The minimum Gasteiger partial charge on any atom is -0.352 e. The first-order chi connectivity index (χ1) is 10.9. The van der Waals surface area contributed by atoms with E-state index < -0.39 is 11.7 Å². The molecule has 1 atom stereocenters. The Morgan fingerprint density at radius 2 is 2.04 bits per heavy atom. The molecular weight excluding hydrogens is 305 g/mol. The molecule has 1 N–H and O–H groups in total. The number of benzene rings is 1. The number of carbonyl (C=O) groups excluding carboxylic acids is 1. The summed E-state index contributed by atoms with van der Waals surface area (Å²) in [6.07, 6.45) is -0.455. The Hall–Kier alpha value is -1.56. The van der Waals surface area contributed by atoms with Gasteiger partial charge in [-0.3, -0.25) is 9.69 Å². The van der Waals surface area contributed by atoms with Gasteiger partial charge in [-0.1, -0.05) is 18.2 Å². The van der Waals surface area contributed by atoms with E-state index in [4.69, 9.17) is 0 Å². The van der Waals surface area contributed by atoms with Crippen LogP contribution in [0.3, 0.4) is 0 Å². The van der Waals surface area contributed by atoms with E-state index in [0.29, 0.717) is 18.7 Å². The Labute approximate surface area is 133 Å². The summed E-state index contributed by atoms with van der Waals surface area (Å²) in [5.41, 5.74) is 0.0552. The zero-order valence-electron chi connectivity index (χ0n) is 12.9. The maximum absolute atomic E-state index is 12.8. The van der Waals surface area contributed by atoms with Crippen molar-refractivity contribution in [2.75, 3.05) is 13.1 Å². The number of nitrogens with one attached hydrogen (secondary N) is 1. The summed E-state index contributed by atoms with van der Waals surface area (Å²) >= 11 is 0. The quantitative estimate of drug-likeness (QED) is 0.921. The smallest absolute Gasteiger partial charge is 0.352 e. The van der Waals surface area contributed by atoms with E-state index >= 15 is 0 Å². The van der Waals surface area contributed by atoms with E-state index in [1.807, 2.05) is 0 Å². The lowest BCUT2D eigenvalue weighted by Crippen LogP contribution is -2.47. The molecule has 0 spiro atoms. The zero-order chi connectivity index (χ0) is 16.4. The summed E-state index contributed by atoms with van der Waals surface area (Å²) in [5, 5.41) is 3.07. The molecule has 3 rings (SSSR count). The highest BCUT2D eigenvalue weighted by atomic mass is 19.4. The molecule has 1 saturated heterocycles. The fourth-order valence-electron chi connectivity index (χ4n) is 3.09. The normalized spacial score (nSPS) is 22.8. The molecule has 6 heteroatoms. The standard InChI is InChI=1S/C17H21F3N2O/c18-17(19,20)14-4-1-3-12(9-14)10-22-8-2-5-15(11-22)21-16(23)13-6-7-13/h1,3-4,9,13,15H,2,5-8,10-11H2,(H,21,23). The molecule has 3 nitrogen and oxygen atoms in total. The molecule has 2 fully saturated rings. The molecule has 1 amide bonds. The average molecular weight is 326 g/mol. The topological polar surface area (TPSA) is 32.3 Å². The molecule has 0 aromatic heterocycles. The van der Waals surface area contributed by atoms with Crippen molar-refractivity contribution in [2.24, 2.45) is 5.92 Å². The minimum atomic E-state index is -4.31. The largest absolute Gasteiger partial charge is 0.416 e. The van der Waals surface area contributed by atoms with Crippen molar-refractivity contribution in [3.8, 4) is 0 Å². The van der Waals surface area contributed by atoms with Crippen LogP contribution in [0.15, 0.2) is 24.3 Å². The van der Waals surface area contributed by atoms with Gasteiger partial charge < -0.3 is 5.32 Å². The first kappa shape index (κ1) is 16.3.